The van der Waals surface area contributed by atoms with Crippen molar-refractivity contribution in [2.45, 2.75) is 24.5 Å². The summed E-state index contributed by atoms with van der Waals surface area (Å²) < 4.78 is 0. The van der Waals surface area contributed by atoms with Crippen molar-refractivity contribution in [3.63, 3.8) is 0 Å². The average Bonchev–Trinajstić information content (AvgIpc) is 2.51. The molecule has 1 rings (SSSR count). The van der Waals surface area contributed by atoms with E-state index in [2.05, 4.69) is 11.8 Å². The third kappa shape index (κ3) is 2.83. The van der Waals surface area contributed by atoms with E-state index in [-0.39, 0.29) is 0 Å². The van der Waals surface area contributed by atoms with Crippen molar-refractivity contribution < 1.29 is 0 Å². The molecule has 0 nitrogen and oxygen atoms in total. The zero-order valence-corrected chi connectivity index (χ0v) is 6.47. The largest absolute Gasteiger partial charge is 0.157 e. The molecule has 1 saturated heterocycles. The van der Waals surface area contributed by atoms with Gasteiger partial charge in [0.1, 0.15) is 0 Å². The highest BCUT2D eigenvalue weighted by Gasteiger charge is 2.20. The fourth-order valence-corrected chi connectivity index (χ4v) is 1.53. The zero-order chi connectivity index (χ0) is 5.82. The third-order valence-corrected chi connectivity index (χ3v) is 2.62. The molecule has 48 valence electrons. The van der Waals surface area contributed by atoms with Crippen LogP contribution in [0.1, 0.15) is 19.3 Å². The summed E-state index contributed by atoms with van der Waals surface area (Å²) in [6, 6.07) is 0. The summed E-state index contributed by atoms with van der Waals surface area (Å²) in [6.45, 7) is 0. The molecule has 1 aliphatic rings. The first-order chi connectivity index (χ1) is 3.93. The smallest absolute Gasteiger partial charge is 0.0223 e. The van der Waals surface area contributed by atoms with Crippen molar-refractivity contribution >= 4 is 23.4 Å². The Hall–Kier alpha value is 0.640. The van der Waals surface area contributed by atoms with Crippen LogP contribution in [0.4, 0.5) is 0 Å². The number of halogens is 1. The molecule has 1 fully saturated rings. The Kier molecular flexibility index (Phi) is 3.06. The standard InChI is InChI=1S/C6H11ClS/c7-4-2-1-3-6-5-8-6/h6H,1-5H2. The molecule has 0 saturated carbocycles. The van der Waals surface area contributed by atoms with Crippen LogP contribution in [0.15, 0.2) is 0 Å². The lowest BCUT2D eigenvalue weighted by atomic mass is 10.2. The molecule has 0 aromatic heterocycles. The lowest BCUT2D eigenvalue weighted by Crippen LogP contribution is -1.83. The molecular formula is C6H11ClS. The topological polar surface area (TPSA) is 0 Å². The summed E-state index contributed by atoms with van der Waals surface area (Å²) in [6.07, 6.45) is 3.94. The van der Waals surface area contributed by atoms with Gasteiger partial charge >= 0.3 is 0 Å². The molecule has 2 heteroatoms. The van der Waals surface area contributed by atoms with Crippen molar-refractivity contribution in [1.29, 1.82) is 0 Å². The molecule has 0 radical (unpaired) electrons. The van der Waals surface area contributed by atoms with Crippen molar-refractivity contribution in [2.24, 2.45) is 0 Å². The van der Waals surface area contributed by atoms with Gasteiger partial charge in [0.2, 0.25) is 0 Å². The molecule has 0 aliphatic carbocycles. The highest BCUT2D eigenvalue weighted by Crippen LogP contribution is 2.34. The SMILES string of the molecule is ClCCCCC1CS1. The number of thioether (sulfide) groups is 1. The van der Waals surface area contributed by atoms with Crippen LogP contribution >= 0.6 is 23.4 Å². The first kappa shape index (κ1) is 6.76. The summed E-state index contributed by atoms with van der Waals surface area (Å²) >= 11 is 7.57. The van der Waals surface area contributed by atoms with Gasteiger partial charge in [-0.05, 0) is 12.8 Å². The normalized spacial score (nSPS) is 25.9. The van der Waals surface area contributed by atoms with Crippen molar-refractivity contribution in [1.82, 2.24) is 0 Å². The lowest BCUT2D eigenvalue weighted by Gasteiger charge is -1.90. The zero-order valence-electron chi connectivity index (χ0n) is 4.90. The molecule has 1 aliphatic heterocycles. The van der Waals surface area contributed by atoms with Gasteiger partial charge in [0, 0.05) is 16.9 Å². The Bertz CT molecular complexity index is 61.5. The summed E-state index contributed by atoms with van der Waals surface area (Å²) in [5, 5.41) is 1.01. The number of hydrogen-bond donors (Lipinski definition) is 0. The van der Waals surface area contributed by atoms with Crippen LogP contribution in [0.25, 0.3) is 0 Å². The molecule has 0 aromatic rings. The number of rotatable bonds is 4. The summed E-state index contributed by atoms with van der Waals surface area (Å²) in [7, 11) is 0. The maximum atomic E-state index is 5.50. The second-order valence-electron chi connectivity index (χ2n) is 2.14. The second kappa shape index (κ2) is 3.62. The van der Waals surface area contributed by atoms with E-state index < -0.39 is 0 Å². The van der Waals surface area contributed by atoms with Crippen LogP contribution in [0.3, 0.4) is 0 Å². The Labute approximate surface area is 60.0 Å². The van der Waals surface area contributed by atoms with Gasteiger partial charge in [-0.1, -0.05) is 6.42 Å². The second-order valence-corrected chi connectivity index (χ2v) is 3.85. The van der Waals surface area contributed by atoms with Crippen LogP contribution in [0.2, 0.25) is 0 Å². The van der Waals surface area contributed by atoms with Crippen LogP contribution in [-0.2, 0) is 0 Å². The minimum atomic E-state index is 0.845. The minimum Gasteiger partial charge on any atom is -0.157 e. The van der Waals surface area contributed by atoms with Gasteiger partial charge in [-0.15, -0.1) is 11.6 Å². The van der Waals surface area contributed by atoms with Gasteiger partial charge in [-0.2, -0.15) is 11.8 Å². The van der Waals surface area contributed by atoms with Gasteiger partial charge in [0.25, 0.3) is 0 Å². The van der Waals surface area contributed by atoms with E-state index in [0.29, 0.717) is 0 Å². The monoisotopic (exact) mass is 150 g/mol. The van der Waals surface area contributed by atoms with Gasteiger partial charge in [0.15, 0.2) is 0 Å². The highest BCUT2D eigenvalue weighted by molar-refractivity contribution is 8.06. The molecule has 1 heterocycles. The fraction of sp³-hybridized carbons (Fsp3) is 1.00. The summed E-state index contributed by atoms with van der Waals surface area (Å²) in [4.78, 5) is 0. The molecule has 0 spiro atoms. The molecule has 1 unspecified atom stereocenters. The van der Waals surface area contributed by atoms with Crippen LogP contribution in [0.5, 0.6) is 0 Å². The first-order valence-corrected chi connectivity index (χ1v) is 4.69. The highest BCUT2D eigenvalue weighted by atomic mass is 35.5. The Morgan fingerprint density at radius 2 is 2.25 bits per heavy atom. The molecular weight excluding hydrogens is 140 g/mol. The summed E-state index contributed by atoms with van der Waals surface area (Å²) in [5.41, 5.74) is 0. The molecule has 0 aromatic carbocycles. The van der Waals surface area contributed by atoms with Crippen LogP contribution in [-0.4, -0.2) is 16.9 Å². The van der Waals surface area contributed by atoms with E-state index >= 15 is 0 Å². The molecule has 0 amide bonds. The lowest BCUT2D eigenvalue weighted by molar-refractivity contribution is 0.743. The number of alkyl halides is 1. The van der Waals surface area contributed by atoms with Crippen molar-refractivity contribution in [2.75, 3.05) is 11.6 Å². The van der Waals surface area contributed by atoms with E-state index in [1.165, 1.54) is 25.0 Å². The number of unbranched alkanes of at least 4 members (excludes halogenated alkanes) is 1. The molecule has 0 N–H and O–H groups in total. The van der Waals surface area contributed by atoms with Gasteiger partial charge < -0.3 is 0 Å². The number of hydrogen-bond acceptors (Lipinski definition) is 1. The van der Waals surface area contributed by atoms with E-state index in [1.54, 1.807) is 0 Å². The maximum absolute atomic E-state index is 5.50. The Morgan fingerprint density at radius 1 is 1.50 bits per heavy atom. The molecule has 1 atom stereocenters. The van der Waals surface area contributed by atoms with Crippen LogP contribution in [0, 0.1) is 0 Å². The van der Waals surface area contributed by atoms with Gasteiger partial charge in [0.05, 0.1) is 0 Å². The van der Waals surface area contributed by atoms with Gasteiger partial charge in [-0.3, -0.25) is 0 Å². The van der Waals surface area contributed by atoms with Crippen molar-refractivity contribution in [3.8, 4) is 0 Å². The average molecular weight is 151 g/mol. The fourth-order valence-electron chi connectivity index (χ4n) is 0.701. The van der Waals surface area contributed by atoms with Crippen LogP contribution < -0.4 is 0 Å². The van der Waals surface area contributed by atoms with Gasteiger partial charge in [-0.25, -0.2) is 0 Å². The van der Waals surface area contributed by atoms with E-state index in [0.717, 1.165) is 11.1 Å². The first-order valence-electron chi connectivity index (χ1n) is 3.11. The van der Waals surface area contributed by atoms with E-state index in [9.17, 15) is 0 Å². The molecule has 8 heavy (non-hydrogen) atoms. The maximum Gasteiger partial charge on any atom is 0.0223 e. The third-order valence-electron chi connectivity index (χ3n) is 1.31. The molecule has 0 bridgehead atoms. The Balaban J connectivity index is 1.74. The Morgan fingerprint density at radius 3 is 2.75 bits per heavy atom. The summed E-state index contributed by atoms with van der Waals surface area (Å²) in [5.74, 6) is 2.25. The quantitative estimate of drug-likeness (QED) is 0.337. The predicted octanol–water partition coefficient (Wildman–Crippen LogP) is 2.51. The van der Waals surface area contributed by atoms with Crippen molar-refractivity contribution in [3.05, 3.63) is 0 Å². The van der Waals surface area contributed by atoms with E-state index in [1.807, 2.05) is 0 Å². The minimum absolute atomic E-state index is 0.845. The van der Waals surface area contributed by atoms with E-state index in [4.69, 9.17) is 11.6 Å². The predicted molar refractivity (Wildman–Crippen MR) is 40.8 cm³/mol.